The number of carbonyl (C=O) groups is 1. The molecule has 34 heavy (non-hydrogen) atoms. The fourth-order valence-electron chi connectivity index (χ4n) is 3.09. The van der Waals surface area contributed by atoms with Gasteiger partial charge in [-0.2, -0.15) is 4.98 Å². The van der Waals surface area contributed by atoms with Gasteiger partial charge < -0.3 is 9.26 Å². The van der Waals surface area contributed by atoms with Gasteiger partial charge in [0.2, 0.25) is 5.82 Å². The lowest BCUT2D eigenvalue weighted by Crippen LogP contribution is -2.08. The van der Waals surface area contributed by atoms with Gasteiger partial charge in [-0.25, -0.2) is 4.39 Å². The molecule has 0 saturated carbocycles. The van der Waals surface area contributed by atoms with Crippen LogP contribution in [0.2, 0.25) is 0 Å². The van der Waals surface area contributed by atoms with E-state index in [9.17, 15) is 9.18 Å². The van der Waals surface area contributed by atoms with Gasteiger partial charge >= 0.3 is 5.97 Å². The van der Waals surface area contributed by atoms with Gasteiger partial charge in [0.1, 0.15) is 5.82 Å². The summed E-state index contributed by atoms with van der Waals surface area (Å²) in [6, 6.07) is 19.3. The molecule has 3 aromatic heterocycles. The highest BCUT2D eigenvalue weighted by atomic mass is 32.2. The van der Waals surface area contributed by atoms with Gasteiger partial charge in [0, 0.05) is 11.3 Å². The van der Waals surface area contributed by atoms with Crippen molar-refractivity contribution in [2.45, 2.75) is 11.8 Å². The number of nitrogens with zero attached hydrogens (tertiary/aromatic N) is 5. The van der Waals surface area contributed by atoms with Gasteiger partial charge in [-0.15, -0.1) is 21.5 Å². The second kappa shape index (κ2) is 9.98. The second-order valence-electron chi connectivity index (χ2n) is 6.92. The van der Waals surface area contributed by atoms with E-state index in [0.717, 1.165) is 10.6 Å². The Kier molecular flexibility index (Phi) is 6.45. The minimum Gasteiger partial charge on any atom is -0.455 e. The monoisotopic (exact) mass is 493 g/mol. The van der Waals surface area contributed by atoms with Crippen molar-refractivity contribution in [2.24, 2.45) is 0 Å². The van der Waals surface area contributed by atoms with Crippen molar-refractivity contribution in [1.82, 2.24) is 24.9 Å². The Labute approximate surface area is 201 Å². The Balaban J connectivity index is 1.28. The number of hydrogen-bond acceptors (Lipinski definition) is 9. The van der Waals surface area contributed by atoms with E-state index in [4.69, 9.17) is 9.26 Å². The molecule has 11 heteroatoms. The molecule has 0 spiro atoms. The third-order valence-electron chi connectivity index (χ3n) is 4.64. The summed E-state index contributed by atoms with van der Waals surface area (Å²) in [5.74, 6) is 0.407. The molecule has 0 bridgehead atoms. The predicted octanol–water partition coefficient (Wildman–Crippen LogP) is 5.02. The predicted molar refractivity (Wildman–Crippen MR) is 125 cm³/mol. The Hall–Kier alpha value is -3.83. The number of carbonyl (C=O) groups excluding carboxylic acids is 1. The maximum absolute atomic E-state index is 13.4. The van der Waals surface area contributed by atoms with Crippen molar-refractivity contribution in [2.75, 3.05) is 5.75 Å². The molecule has 170 valence electrons. The lowest BCUT2D eigenvalue weighted by molar-refractivity contribution is -0.142. The van der Waals surface area contributed by atoms with Crippen LogP contribution in [-0.4, -0.2) is 36.6 Å². The van der Waals surface area contributed by atoms with E-state index < -0.39 is 5.97 Å². The molecule has 0 N–H and O–H groups in total. The summed E-state index contributed by atoms with van der Waals surface area (Å²) in [5.41, 5.74) is 1.51. The molecule has 8 nitrogen and oxygen atoms in total. The molecule has 0 atom stereocenters. The zero-order chi connectivity index (χ0) is 23.3. The van der Waals surface area contributed by atoms with Crippen LogP contribution in [0.3, 0.4) is 0 Å². The lowest BCUT2D eigenvalue weighted by atomic mass is 10.2. The van der Waals surface area contributed by atoms with E-state index in [-0.39, 0.29) is 24.1 Å². The molecule has 2 aromatic carbocycles. The lowest BCUT2D eigenvalue weighted by Gasteiger charge is -2.10. The Morgan fingerprint density at radius 1 is 1.06 bits per heavy atom. The molecule has 0 aliphatic rings. The van der Waals surface area contributed by atoms with Gasteiger partial charge in [-0.3, -0.25) is 9.36 Å². The summed E-state index contributed by atoms with van der Waals surface area (Å²) in [6.07, 6.45) is 0. The molecule has 0 saturated heterocycles. The van der Waals surface area contributed by atoms with Crippen LogP contribution in [0.15, 0.2) is 81.8 Å². The number of aromatic nitrogens is 5. The number of halogens is 1. The molecule has 0 aliphatic heterocycles. The van der Waals surface area contributed by atoms with Gasteiger partial charge in [-0.05, 0) is 47.8 Å². The summed E-state index contributed by atoms with van der Waals surface area (Å²) in [6.45, 7) is -0.121. The Morgan fingerprint density at radius 2 is 1.88 bits per heavy atom. The zero-order valence-corrected chi connectivity index (χ0v) is 19.1. The maximum Gasteiger partial charge on any atom is 0.316 e. The SMILES string of the molecule is O=C(CSc1nnc(-c2ccc(F)cc2)n1-c1ccccc1)OCc1nc(-c2cccs2)no1. The molecular weight excluding hydrogens is 477 g/mol. The van der Waals surface area contributed by atoms with Gasteiger partial charge in [-0.1, -0.05) is 41.2 Å². The van der Waals surface area contributed by atoms with Crippen molar-refractivity contribution in [3.05, 3.63) is 83.8 Å². The van der Waals surface area contributed by atoms with E-state index in [2.05, 4.69) is 20.3 Å². The Bertz CT molecular complexity index is 1390. The van der Waals surface area contributed by atoms with Crippen LogP contribution in [0.1, 0.15) is 5.89 Å². The number of hydrogen-bond donors (Lipinski definition) is 0. The highest BCUT2D eigenvalue weighted by molar-refractivity contribution is 7.99. The normalized spacial score (nSPS) is 11.0. The fraction of sp³-hybridized carbons (Fsp3) is 0.0870. The van der Waals surface area contributed by atoms with E-state index in [1.165, 1.54) is 35.2 Å². The van der Waals surface area contributed by atoms with E-state index in [1.54, 1.807) is 12.1 Å². The van der Waals surface area contributed by atoms with Crippen molar-refractivity contribution in [3.8, 4) is 27.8 Å². The molecule has 0 radical (unpaired) electrons. The topological polar surface area (TPSA) is 95.9 Å². The van der Waals surface area contributed by atoms with Crippen LogP contribution in [0, 0.1) is 5.82 Å². The first-order valence-corrected chi connectivity index (χ1v) is 12.0. The average molecular weight is 494 g/mol. The number of ether oxygens (including phenoxy) is 1. The van der Waals surface area contributed by atoms with Crippen molar-refractivity contribution in [3.63, 3.8) is 0 Å². The molecular formula is C23H16FN5O3S2. The van der Waals surface area contributed by atoms with E-state index in [1.807, 2.05) is 52.4 Å². The van der Waals surface area contributed by atoms with Crippen molar-refractivity contribution >= 4 is 29.1 Å². The van der Waals surface area contributed by atoms with Crippen LogP contribution in [0.4, 0.5) is 4.39 Å². The summed E-state index contributed by atoms with van der Waals surface area (Å²) >= 11 is 2.67. The minimum atomic E-state index is -0.466. The highest BCUT2D eigenvalue weighted by Crippen LogP contribution is 2.28. The number of rotatable bonds is 8. The minimum absolute atomic E-state index is 0.000301. The number of thioether (sulfide) groups is 1. The largest absolute Gasteiger partial charge is 0.455 e. The van der Waals surface area contributed by atoms with Gasteiger partial charge in [0.25, 0.3) is 5.89 Å². The summed E-state index contributed by atoms with van der Waals surface area (Å²) in [7, 11) is 0. The van der Waals surface area contributed by atoms with E-state index in [0.29, 0.717) is 22.4 Å². The van der Waals surface area contributed by atoms with Crippen LogP contribution in [0.5, 0.6) is 0 Å². The summed E-state index contributed by atoms with van der Waals surface area (Å²) < 4.78 is 25.6. The first kappa shape index (κ1) is 22.0. The van der Waals surface area contributed by atoms with Crippen molar-refractivity contribution < 1.29 is 18.4 Å². The summed E-state index contributed by atoms with van der Waals surface area (Å²) in [5, 5.41) is 14.8. The fourth-order valence-corrected chi connectivity index (χ4v) is 4.48. The quantitative estimate of drug-likeness (QED) is 0.220. The van der Waals surface area contributed by atoms with Crippen LogP contribution >= 0.6 is 23.1 Å². The maximum atomic E-state index is 13.4. The number of para-hydroxylation sites is 1. The first-order valence-electron chi connectivity index (χ1n) is 10.1. The first-order chi connectivity index (χ1) is 16.7. The molecule has 0 unspecified atom stereocenters. The molecule has 5 aromatic rings. The Morgan fingerprint density at radius 3 is 2.65 bits per heavy atom. The van der Waals surface area contributed by atoms with E-state index >= 15 is 0 Å². The third kappa shape index (κ3) is 4.90. The highest BCUT2D eigenvalue weighted by Gasteiger charge is 2.18. The molecule has 5 rings (SSSR count). The van der Waals surface area contributed by atoms with Crippen LogP contribution in [-0.2, 0) is 16.1 Å². The van der Waals surface area contributed by atoms with Crippen LogP contribution < -0.4 is 0 Å². The summed E-state index contributed by atoms with van der Waals surface area (Å²) in [4.78, 5) is 17.5. The number of thiophene rings is 1. The van der Waals surface area contributed by atoms with Crippen LogP contribution in [0.25, 0.3) is 27.8 Å². The molecule has 0 fully saturated rings. The van der Waals surface area contributed by atoms with Gasteiger partial charge in [0.05, 0.1) is 10.6 Å². The zero-order valence-electron chi connectivity index (χ0n) is 17.5. The average Bonchev–Trinajstić information content (AvgIpc) is 3.63. The third-order valence-corrected chi connectivity index (χ3v) is 6.40. The molecule has 0 amide bonds. The van der Waals surface area contributed by atoms with Crippen molar-refractivity contribution in [1.29, 1.82) is 0 Å². The second-order valence-corrected chi connectivity index (χ2v) is 8.81. The number of benzene rings is 2. The molecule has 3 heterocycles. The standard InChI is InChI=1S/C23H16FN5O3S2/c24-16-10-8-15(9-11-16)22-26-27-23(29(22)17-5-2-1-3-6-17)34-14-20(30)31-13-19-25-21(28-32-19)18-7-4-12-33-18/h1-12H,13-14H2. The molecule has 0 aliphatic carbocycles. The smallest absolute Gasteiger partial charge is 0.316 e. The number of esters is 1. The van der Waals surface area contributed by atoms with Gasteiger partial charge in [0.15, 0.2) is 17.6 Å².